The molecule has 2 atom stereocenters. The number of aromatic amines is 1. The molecule has 16 heteroatoms. The van der Waals surface area contributed by atoms with Crippen molar-refractivity contribution in [1.29, 1.82) is 0 Å². The molecule has 196 valence electrons. The van der Waals surface area contributed by atoms with Crippen molar-refractivity contribution in [2.75, 3.05) is 48.2 Å². The van der Waals surface area contributed by atoms with Gasteiger partial charge in [0.1, 0.15) is 5.56 Å². The fraction of sp³-hybridized carbons (Fsp3) is 0.500. The lowest BCUT2D eigenvalue weighted by Gasteiger charge is -2.40. The van der Waals surface area contributed by atoms with E-state index >= 15 is 0 Å². The number of ether oxygens (including phenoxy) is 2. The minimum absolute atomic E-state index is 0.0166. The first-order valence-electron chi connectivity index (χ1n) is 11.5. The highest BCUT2D eigenvalue weighted by atomic mass is 35.5. The number of fused-ring (bicyclic) bond motifs is 3. The number of hydrogen-bond acceptors (Lipinski definition) is 8. The third-order valence-corrected chi connectivity index (χ3v) is 10.9. The minimum Gasteiger partial charge on any atom is -0.490 e. The molecular weight excluding hydrogens is 537 g/mol. The van der Waals surface area contributed by atoms with E-state index in [1.165, 1.54) is 0 Å². The maximum atomic E-state index is 13.2. The largest absolute Gasteiger partial charge is 0.490 e. The number of carbonyl (C=O) groups excluding carboxylic acids is 1. The van der Waals surface area contributed by atoms with Crippen molar-refractivity contribution < 1.29 is 27.4 Å². The van der Waals surface area contributed by atoms with Gasteiger partial charge in [0.15, 0.2) is 29.5 Å². The van der Waals surface area contributed by atoms with Crippen molar-refractivity contribution in [3.8, 4) is 5.75 Å². The highest BCUT2D eigenvalue weighted by Gasteiger charge is 2.38. The van der Waals surface area contributed by atoms with Crippen molar-refractivity contribution >= 4 is 46.9 Å². The van der Waals surface area contributed by atoms with Crippen molar-refractivity contribution in [3.63, 3.8) is 0 Å². The lowest BCUT2D eigenvalue weighted by molar-refractivity contribution is -0.138. The first-order valence-corrected chi connectivity index (χ1v) is 16.5. The van der Waals surface area contributed by atoms with E-state index in [1.54, 1.807) is 23.9 Å². The smallest absolute Gasteiger partial charge is 0.423 e. The Kier molecular flexibility index (Phi) is 8.21. The van der Waals surface area contributed by atoms with Gasteiger partial charge >= 0.3 is 6.18 Å². The van der Waals surface area contributed by atoms with Gasteiger partial charge in [0, 0.05) is 31.5 Å². The number of hydrogen-bond donors (Lipinski definition) is 2. The van der Waals surface area contributed by atoms with Crippen LogP contribution in [0, 0.1) is 0 Å². The Hall–Kier alpha value is -2.63. The van der Waals surface area contributed by atoms with E-state index in [4.69, 9.17) is 21.1 Å². The summed E-state index contributed by atoms with van der Waals surface area (Å²) in [6.45, 7) is 3.71. The van der Waals surface area contributed by atoms with Crippen LogP contribution in [0.1, 0.15) is 12.0 Å². The molecule has 2 aliphatic heterocycles. The molecule has 2 aromatic rings. The Morgan fingerprint density at radius 2 is 2.19 bits per heavy atom. The Balaban J connectivity index is 1.24. The molecule has 0 spiro atoms. The van der Waals surface area contributed by atoms with Gasteiger partial charge in [-0.1, -0.05) is 18.1 Å². The van der Waals surface area contributed by atoms with Crippen LogP contribution in [0.4, 0.5) is 24.7 Å². The summed E-state index contributed by atoms with van der Waals surface area (Å²) in [7, 11) is -3.56. The van der Waals surface area contributed by atoms with Gasteiger partial charge in [0.2, 0.25) is 5.91 Å². The number of anilines is 2. The number of H-pyrrole nitrogens is 1. The summed E-state index contributed by atoms with van der Waals surface area (Å²) in [5, 5.41) is 5.77. The molecule has 36 heavy (non-hydrogen) atoms. The SMILES string of the molecule is C[Si@@H](COCCC(=O)N1CCN2c3ncc(Cl)cc3OCC[Si@H]2C1)Nc1cn[nH]c(=O)c1C(F)(F)F. The number of carbonyl (C=O) groups is 1. The maximum Gasteiger partial charge on any atom is 0.423 e. The summed E-state index contributed by atoms with van der Waals surface area (Å²) in [6.07, 6.45) is -1.21. The third kappa shape index (κ3) is 6.19. The van der Waals surface area contributed by atoms with E-state index in [9.17, 15) is 22.8 Å². The number of nitrogens with zero attached hydrogens (tertiary/aromatic N) is 4. The quantitative estimate of drug-likeness (QED) is 0.386. The number of halogens is 4. The van der Waals surface area contributed by atoms with Crippen LogP contribution in [0.5, 0.6) is 5.75 Å². The number of pyridine rings is 1. The lowest BCUT2D eigenvalue weighted by Crippen LogP contribution is -2.58. The Bertz CT molecular complexity index is 1160. The fourth-order valence-corrected chi connectivity index (χ4v) is 8.82. The zero-order chi connectivity index (χ0) is 25.9. The summed E-state index contributed by atoms with van der Waals surface area (Å²) in [5.41, 5.74) is -2.97. The normalized spacial score (nSPS) is 18.5. The second-order valence-corrected chi connectivity index (χ2v) is 14.4. The van der Waals surface area contributed by atoms with Crippen molar-refractivity contribution in [3.05, 3.63) is 39.4 Å². The highest BCUT2D eigenvalue weighted by molar-refractivity contribution is 6.64. The van der Waals surface area contributed by atoms with Crippen LogP contribution in [0.3, 0.4) is 0 Å². The topological polar surface area (TPSA) is 113 Å². The number of aromatic nitrogens is 3. The first-order chi connectivity index (χ1) is 17.1. The molecule has 10 nitrogen and oxygen atoms in total. The van der Waals surface area contributed by atoms with E-state index in [0.29, 0.717) is 36.6 Å². The van der Waals surface area contributed by atoms with E-state index in [-0.39, 0.29) is 30.9 Å². The van der Waals surface area contributed by atoms with Crippen molar-refractivity contribution in [2.24, 2.45) is 0 Å². The molecule has 0 bridgehead atoms. The summed E-state index contributed by atoms with van der Waals surface area (Å²) in [4.78, 5) is 33.4. The van der Waals surface area contributed by atoms with E-state index in [2.05, 4.69) is 19.6 Å². The van der Waals surface area contributed by atoms with Crippen LogP contribution >= 0.6 is 11.6 Å². The lowest BCUT2D eigenvalue weighted by atomic mass is 10.2. The van der Waals surface area contributed by atoms with Crippen molar-refractivity contribution in [2.45, 2.75) is 25.2 Å². The third-order valence-electron chi connectivity index (χ3n) is 5.99. The standard InChI is InChI=1S/C20H26ClF3N6O4Si2/c1-35(28-14-10-26-27-19(32)17(14)20(22,23)24)12-33-5-2-16(31)29-3-4-30-18-15(8-13(21)9-25-18)34-6-7-36(30)11-29/h8-10,35-36H,2-7,11-12H2,1H3,(H2,27,28,32)/t35-,36-/m0/s1. The molecule has 1 saturated heterocycles. The predicted molar refractivity (Wildman–Crippen MR) is 133 cm³/mol. The zero-order valence-electron chi connectivity index (χ0n) is 19.5. The zero-order valence-corrected chi connectivity index (χ0v) is 22.5. The second-order valence-electron chi connectivity index (χ2n) is 8.66. The van der Waals surface area contributed by atoms with Crippen LogP contribution in [0.25, 0.3) is 0 Å². The summed E-state index contributed by atoms with van der Waals surface area (Å²) >= 11 is 6.04. The molecule has 0 saturated carbocycles. The molecule has 2 aliphatic rings. The molecule has 0 radical (unpaired) electrons. The molecule has 0 aromatic carbocycles. The van der Waals surface area contributed by atoms with Crippen LogP contribution in [-0.2, 0) is 15.7 Å². The summed E-state index contributed by atoms with van der Waals surface area (Å²) in [6, 6.07) is 2.64. The van der Waals surface area contributed by atoms with Gasteiger partial charge < -0.3 is 23.9 Å². The number of alkyl halides is 3. The Morgan fingerprint density at radius 3 is 2.97 bits per heavy atom. The van der Waals surface area contributed by atoms with Crippen LogP contribution in [-0.4, -0.2) is 82.6 Å². The van der Waals surface area contributed by atoms with Gasteiger partial charge in [0.25, 0.3) is 5.56 Å². The average Bonchev–Trinajstić information content (AvgIpc) is 2.99. The molecule has 0 unspecified atom stereocenters. The molecule has 0 aliphatic carbocycles. The Morgan fingerprint density at radius 1 is 1.39 bits per heavy atom. The molecule has 2 aromatic heterocycles. The maximum absolute atomic E-state index is 13.2. The van der Waals surface area contributed by atoms with Crippen LogP contribution in [0.2, 0.25) is 17.6 Å². The molecule has 4 heterocycles. The van der Waals surface area contributed by atoms with Crippen LogP contribution in [0.15, 0.2) is 23.3 Å². The first kappa shape index (κ1) is 26.4. The number of amides is 1. The van der Waals surface area contributed by atoms with E-state index < -0.39 is 35.2 Å². The molecular formula is C20H26ClF3N6O4Si2. The van der Waals surface area contributed by atoms with E-state index in [0.717, 1.165) is 18.1 Å². The summed E-state index contributed by atoms with van der Waals surface area (Å²) < 4.78 is 53.3. The molecule has 2 N–H and O–H groups in total. The Labute approximate surface area is 213 Å². The minimum atomic E-state index is -4.80. The average molecular weight is 563 g/mol. The van der Waals surface area contributed by atoms with Gasteiger partial charge in [0.05, 0.1) is 42.8 Å². The second kappa shape index (κ2) is 11.2. The van der Waals surface area contributed by atoms with Gasteiger partial charge in [-0.2, -0.15) is 18.3 Å². The van der Waals surface area contributed by atoms with Crippen molar-refractivity contribution in [1.82, 2.24) is 20.1 Å². The molecule has 4 rings (SSSR count). The van der Waals surface area contributed by atoms with Gasteiger partial charge in [-0.25, -0.2) is 10.1 Å². The summed E-state index contributed by atoms with van der Waals surface area (Å²) in [5.74, 6) is 1.45. The predicted octanol–water partition coefficient (Wildman–Crippen LogP) is 1.55. The van der Waals surface area contributed by atoms with Gasteiger partial charge in [-0.3, -0.25) is 9.59 Å². The monoisotopic (exact) mass is 562 g/mol. The number of nitrogens with one attached hydrogen (secondary N) is 2. The molecule has 1 amide bonds. The van der Waals surface area contributed by atoms with E-state index in [1.807, 2.05) is 4.90 Å². The molecule has 1 fully saturated rings. The van der Waals surface area contributed by atoms with Gasteiger partial charge in [-0.15, -0.1) is 0 Å². The fourth-order valence-electron chi connectivity index (χ4n) is 4.32. The van der Waals surface area contributed by atoms with Crippen LogP contribution < -0.4 is 19.8 Å². The number of rotatable bonds is 7. The van der Waals surface area contributed by atoms with Gasteiger partial charge in [-0.05, 0) is 6.04 Å². The highest BCUT2D eigenvalue weighted by Crippen LogP contribution is 2.34.